The number of hydrogen-bond acceptors (Lipinski definition) is 1. The molecule has 1 heterocycles. The third-order valence-corrected chi connectivity index (χ3v) is 6.15. The molecule has 5 heteroatoms. The predicted molar refractivity (Wildman–Crippen MR) is 79.3 cm³/mol. The van der Waals surface area contributed by atoms with Gasteiger partial charge < -0.3 is 0 Å². The molecule has 0 saturated carbocycles. The molecule has 0 aliphatic rings. The number of benzene rings is 1. The molecule has 1 atom stereocenters. The second kappa shape index (κ2) is 5.40. The quantitative estimate of drug-likeness (QED) is 0.519. The molecule has 1 unspecified atom stereocenters. The van der Waals surface area contributed by atoms with E-state index in [1.54, 1.807) is 17.4 Å². The second-order valence-electron chi connectivity index (χ2n) is 3.14. The molecule has 84 valence electrons. The molecule has 0 aliphatic heterocycles. The van der Waals surface area contributed by atoms with E-state index >= 15 is 0 Å². The maximum atomic E-state index is 6.18. The van der Waals surface area contributed by atoms with Gasteiger partial charge >= 0.3 is 0 Å². The van der Waals surface area contributed by atoms with Crippen molar-refractivity contribution in [2.24, 2.45) is 0 Å². The molecule has 0 N–H and O–H groups in total. The van der Waals surface area contributed by atoms with Crippen LogP contribution in [-0.2, 0) is 0 Å². The summed E-state index contributed by atoms with van der Waals surface area (Å²) in [7, 11) is 0. The van der Waals surface area contributed by atoms with Crippen LogP contribution in [0.25, 0.3) is 0 Å². The summed E-state index contributed by atoms with van der Waals surface area (Å²) in [4.78, 5) is 1.25. The number of hydrogen-bond donors (Lipinski definition) is 0. The van der Waals surface area contributed by atoms with Crippen LogP contribution in [-0.4, -0.2) is 0 Å². The Bertz CT molecular complexity index is 510. The van der Waals surface area contributed by atoms with Crippen LogP contribution in [0.4, 0.5) is 0 Å². The van der Waals surface area contributed by atoms with Gasteiger partial charge in [-0.25, -0.2) is 0 Å². The van der Waals surface area contributed by atoms with Crippen molar-refractivity contribution < 1.29 is 0 Å². The van der Waals surface area contributed by atoms with E-state index in [0.29, 0.717) is 10.0 Å². The van der Waals surface area contributed by atoms with Crippen molar-refractivity contribution in [3.05, 3.63) is 54.6 Å². The molecular weight excluding hydrogens is 395 g/mol. The second-order valence-corrected chi connectivity index (χ2v) is 6.64. The molecule has 1 aromatic heterocycles. The molecule has 16 heavy (non-hydrogen) atoms. The number of halogens is 4. The summed E-state index contributed by atoms with van der Waals surface area (Å²) in [5, 5.41) is 3.22. The molecule has 0 nitrogen and oxygen atoms in total. The van der Waals surface area contributed by atoms with Crippen molar-refractivity contribution in [1.29, 1.82) is 0 Å². The van der Waals surface area contributed by atoms with Crippen LogP contribution in [0.1, 0.15) is 15.3 Å². The summed E-state index contributed by atoms with van der Waals surface area (Å²) in [6.45, 7) is 0. The van der Waals surface area contributed by atoms with Gasteiger partial charge in [-0.2, -0.15) is 0 Å². The van der Waals surface area contributed by atoms with E-state index in [1.165, 1.54) is 4.88 Å². The first-order chi connectivity index (χ1) is 7.61. The maximum Gasteiger partial charge on any atom is 0.0764 e. The first kappa shape index (κ1) is 12.9. The van der Waals surface area contributed by atoms with E-state index in [4.69, 9.17) is 23.2 Å². The van der Waals surface area contributed by atoms with Gasteiger partial charge in [0.15, 0.2) is 0 Å². The Kier molecular flexibility index (Phi) is 4.36. The molecule has 1 aromatic carbocycles. The monoisotopic (exact) mass is 398 g/mol. The SMILES string of the molecule is Clc1cccc(C(Br)c2sccc2Br)c1Cl. The molecule has 2 aromatic rings. The highest BCUT2D eigenvalue weighted by Gasteiger charge is 2.18. The zero-order valence-corrected chi connectivity index (χ0v) is 13.4. The fourth-order valence-electron chi connectivity index (χ4n) is 1.34. The predicted octanol–water partition coefficient (Wildman–Crippen LogP) is 6.30. The van der Waals surface area contributed by atoms with Crippen molar-refractivity contribution in [3.8, 4) is 0 Å². The Morgan fingerprint density at radius 2 is 1.94 bits per heavy atom. The fourth-order valence-corrected chi connectivity index (χ4v) is 4.75. The maximum absolute atomic E-state index is 6.18. The first-order valence-electron chi connectivity index (χ1n) is 4.42. The van der Waals surface area contributed by atoms with Crippen LogP contribution >= 0.6 is 66.4 Å². The Balaban J connectivity index is 2.46. The van der Waals surface area contributed by atoms with Gasteiger partial charge in [0.1, 0.15) is 0 Å². The number of thiophene rings is 1. The Labute approximate surface area is 125 Å². The molecule has 0 amide bonds. The van der Waals surface area contributed by atoms with Crippen LogP contribution in [0.5, 0.6) is 0 Å². The van der Waals surface area contributed by atoms with Gasteiger partial charge in [0.25, 0.3) is 0 Å². The zero-order valence-electron chi connectivity index (χ0n) is 7.88. The van der Waals surface area contributed by atoms with Gasteiger partial charge in [-0.1, -0.05) is 51.3 Å². The average molecular weight is 401 g/mol. The third kappa shape index (κ3) is 2.49. The normalized spacial score (nSPS) is 12.8. The largest absolute Gasteiger partial charge is 0.146 e. The van der Waals surface area contributed by atoms with Gasteiger partial charge in [0.05, 0.1) is 14.9 Å². The van der Waals surface area contributed by atoms with Crippen molar-refractivity contribution in [2.75, 3.05) is 0 Å². The number of alkyl halides is 1. The molecule has 0 fully saturated rings. The van der Waals surface area contributed by atoms with E-state index < -0.39 is 0 Å². The summed E-state index contributed by atoms with van der Waals surface area (Å²) in [5.41, 5.74) is 0.984. The Morgan fingerprint density at radius 3 is 2.56 bits per heavy atom. The molecule has 0 saturated heterocycles. The van der Waals surface area contributed by atoms with E-state index in [-0.39, 0.29) is 4.83 Å². The Morgan fingerprint density at radius 1 is 1.19 bits per heavy atom. The zero-order chi connectivity index (χ0) is 11.7. The smallest absolute Gasteiger partial charge is 0.0764 e. The van der Waals surface area contributed by atoms with Crippen LogP contribution in [0.15, 0.2) is 34.1 Å². The molecule has 0 aliphatic carbocycles. The van der Waals surface area contributed by atoms with Crippen molar-refractivity contribution >= 4 is 66.4 Å². The molecule has 2 rings (SSSR count). The van der Waals surface area contributed by atoms with E-state index in [0.717, 1.165) is 10.0 Å². The minimum atomic E-state index is 0.0630. The van der Waals surface area contributed by atoms with Crippen molar-refractivity contribution in [1.82, 2.24) is 0 Å². The van der Waals surface area contributed by atoms with Gasteiger partial charge in [0, 0.05) is 9.35 Å². The summed E-state index contributed by atoms with van der Waals surface area (Å²) in [6, 6.07) is 7.68. The average Bonchev–Trinajstić information content (AvgIpc) is 2.68. The van der Waals surface area contributed by atoms with Gasteiger partial charge in [0.2, 0.25) is 0 Å². The molecular formula is C11H6Br2Cl2S. The van der Waals surface area contributed by atoms with Crippen LogP contribution in [0.2, 0.25) is 10.0 Å². The highest BCUT2D eigenvalue weighted by molar-refractivity contribution is 9.11. The summed E-state index contributed by atoms with van der Waals surface area (Å²) in [5.74, 6) is 0. The van der Waals surface area contributed by atoms with Crippen LogP contribution < -0.4 is 0 Å². The van der Waals surface area contributed by atoms with Gasteiger partial charge in [-0.15, -0.1) is 11.3 Å². The van der Waals surface area contributed by atoms with Crippen LogP contribution in [0.3, 0.4) is 0 Å². The number of rotatable bonds is 2. The van der Waals surface area contributed by atoms with Crippen molar-refractivity contribution in [2.45, 2.75) is 4.83 Å². The van der Waals surface area contributed by atoms with E-state index in [1.807, 2.05) is 23.6 Å². The topological polar surface area (TPSA) is 0 Å². The van der Waals surface area contributed by atoms with E-state index in [9.17, 15) is 0 Å². The lowest BCUT2D eigenvalue weighted by molar-refractivity contribution is 1.21. The molecule has 0 bridgehead atoms. The summed E-state index contributed by atoms with van der Waals surface area (Å²) >= 11 is 21.0. The Hall–Kier alpha value is 0.460. The first-order valence-corrected chi connectivity index (χ1v) is 7.76. The van der Waals surface area contributed by atoms with E-state index in [2.05, 4.69) is 31.9 Å². The fraction of sp³-hybridized carbons (Fsp3) is 0.0909. The van der Waals surface area contributed by atoms with Crippen molar-refractivity contribution in [3.63, 3.8) is 0 Å². The lowest BCUT2D eigenvalue weighted by Gasteiger charge is -2.11. The standard InChI is InChI=1S/C11H6Br2Cl2S/c12-7-4-5-16-11(7)9(13)6-2-1-3-8(14)10(6)15/h1-5,9H. The van der Waals surface area contributed by atoms with Gasteiger partial charge in [-0.05, 0) is 39.0 Å². The third-order valence-electron chi connectivity index (χ3n) is 2.13. The minimum Gasteiger partial charge on any atom is -0.146 e. The lowest BCUT2D eigenvalue weighted by Crippen LogP contribution is -1.92. The molecule has 0 radical (unpaired) electrons. The summed E-state index contributed by atoms with van der Waals surface area (Å²) in [6.07, 6.45) is 0. The highest BCUT2D eigenvalue weighted by atomic mass is 79.9. The highest BCUT2D eigenvalue weighted by Crippen LogP contribution is 2.42. The lowest BCUT2D eigenvalue weighted by atomic mass is 10.1. The minimum absolute atomic E-state index is 0.0630. The molecule has 0 spiro atoms. The summed E-state index contributed by atoms with van der Waals surface area (Å²) < 4.78 is 1.08. The van der Waals surface area contributed by atoms with Gasteiger partial charge in [-0.3, -0.25) is 0 Å². The van der Waals surface area contributed by atoms with Crippen LogP contribution in [0, 0.1) is 0 Å².